The van der Waals surface area contributed by atoms with Crippen LogP contribution >= 0.6 is 11.8 Å². The second-order valence-corrected chi connectivity index (χ2v) is 5.29. The first kappa shape index (κ1) is 16.7. The van der Waals surface area contributed by atoms with Gasteiger partial charge in [-0.05, 0) is 48.2 Å². The number of nitriles is 1. The highest BCUT2D eigenvalue weighted by Crippen LogP contribution is 2.20. The van der Waals surface area contributed by atoms with Gasteiger partial charge in [0.2, 0.25) is 0 Å². The van der Waals surface area contributed by atoms with Gasteiger partial charge in [0.1, 0.15) is 18.1 Å². The quantitative estimate of drug-likeness (QED) is 0.392. The SMILES string of the molecule is COc1ccc(OCc2cccc(N=C(NC#N)SC)c2)cc1. The normalized spacial score (nSPS) is 10.7. The zero-order valence-corrected chi connectivity index (χ0v) is 13.8. The monoisotopic (exact) mass is 327 g/mol. The van der Waals surface area contributed by atoms with Crippen LogP contribution in [-0.2, 0) is 6.61 Å². The van der Waals surface area contributed by atoms with Crippen LogP contribution < -0.4 is 14.8 Å². The van der Waals surface area contributed by atoms with E-state index in [-0.39, 0.29) is 0 Å². The van der Waals surface area contributed by atoms with Crippen molar-refractivity contribution in [1.82, 2.24) is 5.32 Å². The average molecular weight is 327 g/mol. The van der Waals surface area contributed by atoms with E-state index in [1.54, 1.807) is 7.11 Å². The van der Waals surface area contributed by atoms with Crippen LogP contribution in [0.4, 0.5) is 5.69 Å². The first-order valence-electron chi connectivity index (χ1n) is 6.88. The predicted molar refractivity (Wildman–Crippen MR) is 93.1 cm³/mol. The number of aliphatic imine (C=N–C) groups is 1. The van der Waals surface area contributed by atoms with E-state index in [2.05, 4.69) is 10.3 Å². The maximum Gasteiger partial charge on any atom is 0.183 e. The number of thioether (sulfide) groups is 1. The van der Waals surface area contributed by atoms with E-state index < -0.39 is 0 Å². The standard InChI is InChI=1S/C17H17N3O2S/c1-21-15-6-8-16(9-7-15)22-11-13-4-3-5-14(10-13)20-17(23-2)19-12-18/h3-10H,11H2,1-2H3,(H,19,20). The van der Waals surface area contributed by atoms with Crippen molar-refractivity contribution in [2.45, 2.75) is 6.61 Å². The predicted octanol–water partition coefficient (Wildman–Crippen LogP) is 3.70. The van der Waals surface area contributed by atoms with Gasteiger partial charge in [-0.2, -0.15) is 5.26 Å². The van der Waals surface area contributed by atoms with E-state index in [4.69, 9.17) is 14.7 Å². The van der Waals surface area contributed by atoms with Crippen molar-refractivity contribution < 1.29 is 9.47 Å². The second-order valence-electron chi connectivity index (χ2n) is 4.49. The molecule has 1 N–H and O–H groups in total. The molecular formula is C17H17N3O2S. The Morgan fingerprint density at radius 1 is 1.22 bits per heavy atom. The van der Waals surface area contributed by atoms with Crippen LogP contribution in [0.5, 0.6) is 11.5 Å². The van der Waals surface area contributed by atoms with Gasteiger partial charge in [0.25, 0.3) is 0 Å². The Morgan fingerprint density at radius 2 is 1.96 bits per heavy atom. The maximum atomic E-state index is 8.66. The van der Waals surface area contributed by atoms with Gasteiger partial charge in [-0.1, -0.05) is 23.9 Å². The van der Waals surface area contributed by atoms with Crippen LogP contribution in [0, 0.1) is 11.5 Å². The number of benzene rings is 2. The molecule has 0 unspecified atom stereocenters. The fraction of sp³-hybridized carbons (Fsp3) is 0.176. The van der Waals surface area contributed by atoms with Gasteiger partial charge in [0.05, 0.1) is 12.8 Å². The third-order valence-electron chi connectivity index (χ3n) is 2.96. The lowest BCUT2D eigenvalue weighted by molar-refractivity contribution is 0.305. The first-order valence-corrected chi connectivity index (χ1v) is 8.11. The lowest BCUT2D eigenvalue weighted by atomic mass is 10.2. The summed E-state index contributed by atoms with van der Waals surface area (Å²) in [6, 6.07) is 15.1. The summed E-state index contributed by atoms with van der Waals surface area (Å²) in [6.07, 6.45) is 3.73. The minimum Gasteiger partial charge on any atom is -0.497 e. The number of nitrogens with one attached hydrogen (secondary N) is 1. The maximum absolute atomic E-state index is 8.66. The molecule has 0 saturated heterocycles. The summed E-state index contributed by atoms with van der Waals surface area (Å²) in [5.74, 6) is 1.57. The number of hydrogen-bond acceptors (Lipinski definition) is 5. The van der Waals surface area contributed by atoms with Gasteiger partial charge in [0.15, 0.2) is 11.4 Å². The van der Waals surface area contributed by atoms with E-state index in [0.29, 0.717) is 11.8 Å². The zero-order valence-electron chi connectivity index (χ0n) is 12.9. The van der Waals surface area contributed by atoms with Crippen molar-refractivity contribution in [2.75, 3.05) is 13.4 Å². The Morgan fingerprint density at radius 3 is 2.61 bits per heavy atom. The van der Waals surface area contributed by atoms with Crippen molar-refractivity contribution in [3.8, 4) is 17.7 Å². The molecule has 6 heteroatoms. The van der Waals surface area contributed by atoms with Crippen LogP contribution in [-0.4, -0.2) is 18.5 Å². The summed E-state index contributed by atoms with van der Waals surface area (Å²) in [5.41, 5.74) is 1.77. The summed E-state index contributed by atoms with van der Waals surface area (Å²) in [7, 11) is 1.63. The third kappa shape index (κ3) is 5.24. The fourth-order valence-electron chi connectivity index (χ4n) is 1.84. The van der Waals surface area contributed by atoms with Crippen molar-refractivity contribution in [2.24, 2.45) is 4.99 Å². The molecule has 23 heavy (non-hydrogen) atoms. The number of rotatable bonds is 5. The molecule has 0 atom stereocenters. The van der Waals surface area contributed by atoms with Crippen LogP contribution in [0.15, 0.2) is 53.5 Å². The molecule has 0 heterocycles. The Kier molecular flexibility index (Phi) is 6.33. The molecule has 0 bridgehead atoms. The Balaban J connectivity index is 2.03. The van der Waals surface area contributed by atoms with E-state index in [1.165, 1.54) is 11.8 Å². The summed E-state index contributed by atoms with van der Waals surface area (Å²) in [4.78, 5) is 4.38. The molecule has 0 aliphatic heterocycles. The smallest absolute Gasteiger partial charge is 0.183 e. The molecule has 0 fully saturated rings. The summed E-state index contributed by atoms with van der Waals surface area (Å²) in [6.45, 7) is 0.440. The molecule has 0 spiro atoms. The van der Waals surface area contributed by atoms with Gasteiger partial charge in [-0.3, -0.25) is 5.32 Å². The van der Waals surface area contributed by atoms with Crippen molar-refractivity contribution in [3.63, 3.8) is 0 Å². The highest BCUT2D eigenvalue weighted by atomic mass is 32.2. The van der Waals surface area contributed by atoms with Crippen molar-refractivity contribution in [1.29, 1.82) is 5.26 Å². The number of methoxy groups -OCH3 is 1. The van der Waals surface area contributed by atoms with Crippen molar-refractivity contribution in [3.05, 3.63) is 54.1 Å². The molecule has 0 aromatic heterocycles. The van der Waals surface area contributed by atoms with Gasteiger partial charge in [0, 0.05) is 0 Å². The number of hydrogen-bond donors (Lipinski definition) is 1. The highest BCUT2D eigenvalue weighted by molar-refractivity contribution is 8.13. The number of nitrogens with zero attached hydrogens (tertiary/aromatic N) is 2. The minimum absolute atomic E-state index is 0.440. The second kappa shape index (κ2) is 8.71. The third-order valence-corrected chi connectivity index (χ3v) is 3.54. The first-order chi connectivity index (χ1) is 11.2. The lowest BCUT2D eigenvalue weighted by Gasteiger charge is -2.08. The van der Waals surface area contributed by atoms with Gasteiger partial charge < -0.3 is 9.47 Å². The Hall–Kier alpha value is -2.65. The zero-order chi connectivity index (χ0) is 16.5. The summed E-state index contributed by atoms with van der Waals surface area (Å²) in [5, 5.41) is 11.8. The highest BCUT2D eigenvalue weighted by Gasteiger charge is 2.00. The molecule has 0 radical (unpaired) electrons. The fourth-order valence-corrected chi connectivity index (χ4v) is 2.19. The largest absolute Gasteiger partial charge is 0.497 e. The minimum atomic E-state index is 0.440. The van der Waals surface area contributed by atoms with Crippen LogP contribution in [0.3, 0.4) is 0 Å². The molecular weight excluding hydrogens is 310 g/mol. The Bertz CT molecular complexity index is 709. The molecule has 118 valence electrons. The molecule has 2 rings (SSSR count). The molecule has 5 nitrogen and oxygen atoms in total. The summed E-state index contributed by atoms with van der Waals surface area (Å²) < 4.78 is 10.9. The molecule has 2 aromatic rings. The van der Waals surface area contributed by atoms with Crippen molar-refractivity contribution >= 4 is 22.6 Å². The number of ether oxygens (including phenoxy) is 2. The topological polar surface area (TPSA) is 66.6 Å². The van der Waals surface area contributed by atoms with E-state index in [0.717, 1.165) is 22.7 Å². The molecule has 0 aliphatic rings. The van der Waals surface area contributed by atoms with Crippen LogP contribution in [0.2, 0.25) is 0 Å². The Labute approximate surface area is 140 Å². The van der Waals surface area contributed by atoms with E-state index >= 15 is 0 Å². The van der Waals surface area contributed by atoms with Crippen LogP contribution in [0.1, 0.15) is 5.56 Å². The van der Waals surface area contributed by atoms with Gasteiger partial charge >= 0.3 is 0 Å². The molecule has 0 amide bonds. The molecule has 0 aliphatic carbocycles. The van der Waals surface area contributed by atoms with Crippen LogP contribution in [0.25, 0.3) is 0 Å². The summed E-state index contributed by atoms with van der Waals surface area (Å²) >= 11 is 1.38. The van der Waals surface area contributed by atoms with E-state index in [1.807, 2.05) is 61.0 Å². The molecule has 2 aromatic carbocycles. The van der Waals surface area contributed by atoms with E-state index in [9.17, 15) is 0 Å². The average Bonchev–Trinajstić information content (AvgIpc) is 2.60. The van der Waals surface area contributed by atoms with Gasteiger partial charge in [-0.25, -0.2) is 4.99 Å². The molecule has 0 saturated carbocycles. The van der Waals surface area contributed by atoms with Gasteiger partial charge in [-0.15, -0.1) is 0 Å². The lowest BCUT2D eigenvalue weighted by Crippen LogP contribution is -2.12. The number of amidine groups is 1.